The molecular formula is C16H16Cl2S2. The topological polar surface area (TPSA) is 0 Å². The predicted molar refractivity (Wildman–Crippen MR) is 94.8 cm³/mol. The third-order valence-electron chi connectivity index (χ3n) is 2.73. The number of halogens is 2. The first-order valence-electron chi connectivity index (χ1n) is 6.41. The maximum Gasteiger partial charge on any atom is 0.0317 e. The highest BCUT2D eigenvalue weighted by Crippen LogP contribution is 2.26. The van der Waals surface area contributed by atoms with Crippen LogP contribution in [-0.4, -0.2) is 23.3 Å². The van der Waals surface area contributed by atoms with Crippen LogP contribution in [0.2, 0.25) is 0 Å². The Balaban J connectivity index is 2.03. The van der Waals surface area contributed by atoms with Crippen molar-refractivity contribution in [1.29, 1.82) is 0 Å². The van der Waals surface area contributed by atoms with Crippen molar-refractivity contribution in [3.05, 3.63) is 48.5 Å². The lowest BCUT2D eigenvalue weighted by Crippen LogP contribution is -1.82. The van der Waals surface area contributed by atoms with Gasteiger partial charge in [0.1, 0.15) is 0 Å². The molecule has 0 aromatic heterocycles. The number of thioether (sulfide) groups is 2. The van der Waals surface area contributed by atoms with Gasteiger partial charge in [-0.3, -0.25) is 0 Å². The van der Waals surface area contributed by atoms with Gasteiger partial charge >= 0.3 is 0 Å². The quantitative estimate of drug-likeness (QED) is 0.446. The molecule has 0 nitrogen and oxygen atoms in total. The molecule has 0 amide bonds. The van der Waals surface area contributed by atoms with Crippen LogP contribution in [0.4, 0.5) is 0 Å². The van der Waals surface area contributed by atoms with E-state index in [-0.39, 0.29) is 0 Å². The molecule has 0 N–H and O–H groups in total. The summed E-state index contributed by atoms with van der Waals surface area (Å²) in [4.78, 5) is 2.53. The highest BCUT2D eigenvalue weighted by Gasteiger charge is 2.00. The average molecular weight is 343 g/mol. The molecule has 20 heavy (non-hydrogen) atoms. The van der Waals surface area contributed by atoms with E-state index in [2.05, 4.69) is 48.5 Å². The number of hydrogen-bond acceptors (Lipinski definition) is 2. The Labute approximate surface area is 139 Å². The first-order chi connectivity index (χ1) is 9.83. The monoisotopic (exact) mass is 342 g/mol. The van der Waals surface area contributed by atoms with Gasteiger partial charge in [0.25, 0.3) is 0 Å². The van der Waals surface area contributed by atoms with E-state index in [9.17, 15) is 0 Å². The van der Waals surface area contributed by atoms with Gasteiger partial charge in [-0.25, -0.2) is 0 Å². The van der Waals surface area contributed by atoms with Gasteiger partial charge in [0.05, 0.1) is 0 Å². The van der Waals surface area contributed by atoms with Gasteiger partial charge in [0.15, 0.2) is 0 Å². The number of hydrogen-bond donors (Lipinski definition) is 0. The van der Waals surface area contributed by atoms with Gasteiger partial charge in [-0.15, -0.1) is 46.7 Å². The fourth-order valence-corrected chi connectivity index (χ4v) is 3.55. The van der Waals surface area contributed by atoms with E-state index in [1.54, 1.807) is 23.5 Å². The van der Waals surface area contributed by atoms with E-state index >= 15 is 0 Å². The molecule has 2 aromatic rings. The zero-order valence-corrected chi connectivity index (χ0v) is 14.2. The Morgan fingerprint density at radius 2 is 0.950 bits per heavy atom. The molecule has 0 unspecified atom stereocenters. The number of rotatable bonds is 7. The summed E-state index contributed by atoms with van der Waals surface area (Å²) in [5.41, 5.74) is 2.49. The first-order valence-corrected chi connectivity index (χ1v) is 9.45. The lowest BCUT2D eigenvalue weighted by atomic mass is 10.1. The normalized spacial score (nSPS) is 10.7. The fraction of sp³-hybridized carbons (Fsp3) is 0.250. The summed E-state index contributed by atoms with van der Waals surface area (Å²) in [6.07, 6.45) is 0. The molecule has 0 aliphatic carbocycles. The predicted octanol–water partition coefficient (Wildman–Crippen LogP) is 6.02. The van der Waals surface area contributed by atoms with Crippen LogP contribution in [0.15, 0.2) is 58.3 Å². The second kappa shape index (κ2) is 8.89. The maximum absolute atomic E-state index is 5.70. The van der Waals surface area contributed by atoms with Gasteiger partial charge < -0.3 is 0 Å². The summed E-state index contributed by atoms with van der Waals surface area (Å²) in [6.45, 7) is 0. The fourth-order valence-electron chi connectivity index (χ4n) is 1.80. The van der Waals surface area contributed by atoms with Gasteiger partial charge in [0.2, 0.25) is 0 Å². The molecule has 0 bridgehead atoms. The minimum atomic E-state index is 0.688. The van der Waals surface area contributed by atoms with Crippen LogP contribution < -0.4 is 0 Å². The van der Waals surface area contributed by atoms with E-state index in [4.69, 9.17) is 23.2 Å². The SMILES string of the molecule is ClCCSc1ccc(-c2ccc(SCCCl)cc2)cc1. The summed E-state index contributed by atoms with van der Waals surface area (Å²) in [5, 5.41) is 0. The number of alkyl halides is 2. The lowest BCUT2D eigenvalue weighted by Gasteiger charge is -2.05. The van der Waals surface area contributed by atoms with Crippen molar-refractivity contribution in [2.24, 2.45) is 0 Å². The zero-order chi connectivity index (χ0) is 14.2. The van der Waals surface area contributed by atoms with E-state index in [1.165, 1.54) is 20.9 Å². The lowest BCUT2D eigenvalue weighted by molar-refractivity contribution is 1.41. The average Bonchev–Trinajstić information content (AvgIpc) is 2.52. The van der Waals surface area contributed by atoms with Gasteiger partial charge in [0, 0.05) is 33.1 Å². The van der Waals surface area contributed by atoms with Crippen molar-refractivity contribution < 1.29 is 0 Å². The highest BCUT2D eigenvalue weighted by molar-refractivity contribution is 7.99. The molecule has 0 atom stereocenters. The largest absolute Gasteiger partial charge is 0.126 e. The standard InChI is InChI=1S/C16H16Cl2S2/c17-9-11-19-15-5-1-13(2-6-15)14-3-7-16(8-4-14)20-12-10-18/h1-8H,9-12H2. The van der Waals surface area contributed by atoms with E-state index < -0.39 is 0 Å². The summed E-state index contributed by atoms with van der Waals surface area (Å²) in [6, 6.07) is 17.3. The van der Waals surface area contributed by atoms with E-state index in [0.29, 0.717) is 11.8 Å². The van der Waals surface area contributed by atoms with Crippen molar-refractivity contribution in [1.82, 2.24) is 0 Å². The Hall–Kier alpha value is -0.280. The zero-order valence-electron chi connectivity index (χ0n) is 11.0. The molecule has 0 radical (unpaired) electrons. The smallest absolute Gasteiger partial charge is 0.0317 e. The summed E-state index contributed by atoms with van der Waals surface area (Å²) < 4.78 is 0. The highest BCUT2D eigenvalue weighted by atomic mass is 35.5. The molecule has 0 aliphatic rings. The summed E-state index contributed by atoms with van der Waals surface area (Å²) in [7, 11) is 0. The molecule has 0 fully saturated rings. The van der Waals surface area contributed by atoms with Gasteiger partial charge in [-0.1, -0.05) is 24.3 Å². The minimum absolute atomic E-state index is 0.688. The molecule has 0 heterocycles. The van der Waals surface area contributed by atoms with Crippen molar-refractivity contribution in [3.63, 3.8) is 0 Å². The third kappa shape index (κ3) is 4.92. The molecule has 0 spiro atoms. The molecule has 106 valence electrons. The van der Waals surface area contributed by atoms with Crippen LogP contribution in [0.3, 0.4) is 0 Å². The summed E-state index contributed by atoms with van der Waals surface area (Å²) >= 11 is 15.0. The molecule has 0 aliphatic heterocycles. The van der Waals surface area contributed by atoms with Crippen molar-refractivity contribution in [2.75, 3.05) is 23.3 Å². The Bertz CT molecular complexity index is 460. The van der Waals surface area contributed by atoms with Gasteiger partial charge in [-0.05, 0) is 35.4 Å². The third-order valence-corrected chi connectivity index (χ3v) is 5.59. The van der Waals surface area contributed by atoms with E-state index in [1.807, 2.05) is 0 Å². The first kappa shape index (κ1) is 16.1. The Morgan fingerprint density at radius 1 is 0.600 bits per heavy atom. The molecule has 2 aromatic carbocycles. The van der Waals surface area contributed by atoms with Crippen LogP contribution in [0.5, 0.6) is 0 Å². The second-order valence-electron chi connectivity index (χ2n) is 4.12. The van der Waals surface area contributed by atoms with Crippen molar-refractivity contribution in [2.45, 2.75) is 9.79 Å². The molecule has 0 saturated carbocycles. The molecule has 0 saturated heterocycles. The van der Waals surface area contributed by atoms with Crippen LogP contribution >= 0.6 is 46.7 Å². The maximum atomic E-state index is 5.70. The Morgan fingerprint density at radius 3 is 1.25 bits per heavy atom. The summed E-state index contributed by atoms with van der Waals surface area (Å²) in [5.74, 6) is 3.28. The van der Waals surface area contributed by atoms with Crippen LogP contribution in [0.25, 0.3) is 11.1 Å². The molecule has 4 heteroatoms. The van der Waals surface area contributed by atoms with Gasteiger partial charge in [-0.2, -0.15) is 0 Å². The Kier molecular flexibility index (Phi) is 7.15. The van der Waals surface area contributed by atoms with Crippen LogP contribution in [-0.2, 0) is 0 Å². The van der Waals surface area contributed by atoms with Crippen molar-refractivity contribution in [3.8, 4) is 11.1 Å². The van der Waals surface area contributed by atoms with Crippen LogP contribution in [0, 0.1) is 0 Å². The van der Waals surface area contributed by atoms with Crippen molar-refractivity contribution >= 4 is 46.7 Å². The molecule has 2 rings (SSSR count). The van der Waals surface area contributed by atoms with Crippen LogP contribution in [0.1, 0.15) is 0 Å². The van der Waals surface area contributed by atoms with E-state index in [0.717, 1.165) is 11.5 Å². The minimum Gasteiger partial charge on any atom is -0.126 e. The molecular weight excluding hydrogens is 327 g/mol. The number of benzene rings is 2. The second-order valence-corrected chi connectivity index (χ2v) is 7.22.